The number of amides is 2. The van der Waals surface area contributed by atoms with Crippen molar-refractivity contribution in [3.8, 4) is 0 Å². The number of hydrogen-bond acceptors (Lipinski definition) is 3. The van der Waals surface area contributed by atoms with Crippen LogP contribution >= 0.6 is 0 Å². The zero-order chi connectivity index (χ0) is 15.9. The maximum absolute atomic E-state index is 12.6. The molecule has 22 heavy (non-hydrogen) atoms. The van der Waals surface area contributed by atoms with Gasteiger partial charge in [-0.05, 0) is 30.0 Å². The number of carbonyl (C=O) groups excluding carboxylic acids is 1. The predicted molar refractivity (Wildman–Crippen MR) is 86.9 cm³/mol. The van der Waals surface area contributed by atoms with E-state index in [0.717, 1.165) is 17.7 Å². The molecule has 5 heteroatoms. The molecule has 1 aliphatic rings. The number of hydrogen-bond donors (Lipinski definition) is 1. The number of morpholine rings is 1. The molecule has 1 atom stereocenters. The molecule has 1 aromatic rings. The van der Waals surface area contributed by atoms with Gasteiger partial charge < -0.3 is 19.7 Å². The lowest BCUT2D eigenvalue weighted by atomic mass is 10.0. The highest BCUT2D eigenvalue weighted by Gasteiger charge is 2.27. The van der Waals surface area contributed by atoms with E-state index in [4.69, 9.17) is 9.47 Å². The Balaban J connectivity index is 2.01. The first-order valence-corrected chi connectivity index (χ1v) is 7.83. The summed E-state index contributed by atoms with van der Waals surface area (Å²) < 4.78 is 10.7. The van der Waals surface area contributed by atoms with Crippen LogP contribution in [0.5, 0.6) is 0 Å². The van der Waals surface area contributed by atoms with Gasteiger partial charge in [-0.25, -0.2) is 4.79 Å². The molecule has 1 N–H and O–H groups in total. The number of benzene rings is 1. The summed E-state index contributed by atoms with van der Waals surface area (Å²) in [7, 11) is 1.66. The van der Waals surface area contributed by atoms with Crippen LogP contribution in [-0.2, 0) is 16.1 Å². The lowest BCUT2D eigenvalue weighted by Gasteiger charge is -2.36. The third kappa shape index (κ3) is 4.71. The van der Waals surface area contributed by atoms with Gasteiger partial charge in [-0.15, -0.1) is 0 Å². The monoisotopic (exact) mass is 306 g/mol. The molecule has 1 heterocycles. The van der Waals surface area contributed by atoms with Crippen LogP contribution in [0, 0.1) is 5.92 Å². The van der Waals surface area contributed by atoms with E-state index in [1.165, 1.54) is 0 Å². The topological polar surface area (TPSA) is 50.8 Å². The second kappa shape index (κ2) is 8.15. The number of anilines is 1. The Hall–Kier alpha value is -1.59. The highest BCUT2D eigenvalue weighted by Crippen LogP contribution is 2.18. The molecule has 1 saturated heterocycles. The smallest absolute Gasteiger partial charge is 0.322 e. The predicted octanol–water partition coefficient (Wildman–Crippen LogP) is 3.11. The van der Waals surface area contributed by atoms with Crippen molar-refractivity contribution >= 4 is 11.7 Å². The second-order valence-electron chi connectivity index (χ2n) is 6.12. The van der Waals surface area contributed by atoms with Gasteiger partial charge in [0.15, 0.2) is 0 Å². The van der Waals surface area contributed by atoms with Crippen molar-refractivity contribution in [3.63, 3.8) is 0 Å². The fourth-order valence-electron chi connectivity index (χ4n) is 2.76. The highest BCUT2D eigenvalue weighted by atomic mass is 16.5. The highest BCUT2D eigenvalue weighted by molar-refractivity contribution is 5.89. The molecular weight excluding hydrogens is 280 g/mol. The van der Waals surface area contributed by atoms with Crippen molar-refractivity contribution in [2.24, 2.45) is 5.92 Å². The van der Waals surface area contributed by atoms with Crippen LogP contribution in [0.25, 0.3) is 0 Å². The lowest BCUT2D eigenvalue weighted by Crippen LogP contribution is -2.50. The number of urea groups is 1. The largest absolute Gasteiger partial charge is 0.380 e. The fraction of sp³-hybridized carbons (Fsp3) is 0.588. The quantitative estimate of drug-likeness (QED) is 0.909. The molecule has 2 rings (SSSR count). The fourth-order valence-corrected chi connectivity index (χ4v) is 2.76. The minimum Gasteiger partial charge on any atom is -0.380 e. The lowest BCUT2D eigenvalue weighted by molar-refractivity contribution is 0.00857. The van der Waals surface area contributed by atoms with E-state index in [-0.39, 0.29) is 12.1 Å². The molecule has 0 saturated carbocycles. The van der Waals surface area contributed by atoms with Gasteiger partial charge in [0.2, 0.25) is 0 Å². The zero-order valence-electron chi connectivity index (χ0n) is 13.7. The van der Waals surface area contributed by atoms with Crippen LogP contribution in [0.2, 0.25) is 0 Å². The molecule has 1 aromatic carbocycles. The zero-order valence-corrected chi connectivity index (χ0v) is 13.7. The Labute approximate surface area is 132 Å². The van der Waals surface area contributed by atoms with Crippen molar-refractivity contribution in [2.45, 2.75) is 32.9 Å². The van der Waals surface area contributed by atoms with E-state index < -0.39 is 0 Å². The first kappa shape index (κ1) is 16.8. The van der Waals surface area contributed by atoms with Crippen LogP contribution in [0.1, 0.15) is 25.8 Å². The Morgan fingerprint density at radius 1 is 1.50 bits per heavy atom. The van der Waals surface area contributed by atoms with Crippen molar-refractivity contribution in [1.82, 2.24) is 4.90 Å². The minimum absolute atomic E-state index is 0.0523. The Morgan fingerprint density at radius 2 is 2.32 bits per heavy atom. The van der Waals surface area contributed by atoms with Crippen molar-refractivity contribution < 1.29 is 14.3 Å². The van der Waals surface area contributed by atoms with E-state index in [2.05, 4.69) is 19.2 Å². The summed E-state index contributed by atoms with van der Waals surface area (Å²) in [6.45, 7) is 6.73. The molecular formula is C17H26N2O3. The Morgan fingerprint density at radius 3 is 3.05 bits per heavy atom. The van der Waals surface area contributed by atoms with Crippen LogP contribution in [-0.4, -0.2) is 43.8 Å². The molecule has 2 amide bonds. The van der Waals surface area contributed by atoms with Gasteiger partial charge in [0.1, 0.15) is 0 Å². The van der Waals surface area contributed by atoms with Gasteiger partial charge in [0.05, 0.1) is 25.9 Å². The summed E-state index contributed by atoms with van der Waals surface area (Å²) in [6.07, 6.45) is 0.955. The van der Waals surface area contributed by atoms with Gasteiger partial charge in [-0.3, -0.25) is 0 Å². The molecule has 0 spiro atoms. The molecule has 0 radical (unpaired) electrons. The molecule has 1 fully saturated rings. The van der Waals surface area contributed by atoms with E-state index in [1.807, 2.05) is 29.2 Å². The first-order chi connectivity index (χ1) is 10.6. The third-order valence-electron chi connectivity index (χ3n) is 3.72. The van der Waals surface area contributed by atoms with E-state index in [1.54, 1.807) is 7.11 Å². The van der Waals surface area contributed by atoms with E-state index in [0.29, 0.717) is 32.3 Å². The van der Waals surface area contributed by atoms with Gasteiger partial charge in [0, 0.05) is 19.3 Å². The molecule has 1 aliphatic heterocycles. The SMILES string of the molecule is COCc1cccc(NC(=O)N2CCOC[C@H]2CC(C)C)c1. The average Bonchev–Trinajstić information content (AvgIpc) is 2.48. The van der Waals surface area contributed by atoms with Crippen LogP contribution in [0.3, 0.4) is 0 Å². The summed E-state index contributed by atoms with van der Waals surface area (Å²) >= 11 is 0. The summed E-state index contributed by atoms with van der Waals surface area (Å²) in [5.74, 6) is 0.534. The van der Waals surface area contributed by atoms with Crippen LogP contribution in [0.4, 0.5) is 10.5 Å². The van der Waals surface area contributed by atoms with E-state index >= 15 is 0 Å². The summed E-state index contributed by atoms with van der Waals surface area (Å²) in [4.78, 5) is 14.5. The molecule has 122 valence electrons. The first-order valence-electron chi connectivity index (χ1n) is 7.83. The molecule has 5 nitrogen and oxygen atoms in total. The van der Waals surface area contributed by atoms with Gasteiger partial charge in [-0.1, -0.05) is 26.0 Å². The minimum atomic E-state index is -0.0523. The number of methoxy groups -OCH3 is 1. The Bertz CT molecular complexity index is 491. The molecule has 0 aliphatic carbocycles. The Kier molecular flexibility index (Phi) is 6.21. The van der Waals surface area contributed by atoms with Crippen LogP contribution in [0.15, 0.2) is 24.3 Å². The standard InChI is InChI=1S/C17H26N2O3/c1-13(2)9-16-12-22-8-7-19(16)17(20)18-15-6-4-5-14(10-15)11-21-3/h4-6,10,13,16H,7-9,11-12H2,1-3H3,(H,18,20)/t16-/m1/s1. The number of rotatable bonds is 5. The number of nitrogens with one attached hydrogen (secondary N) is 1. The van der Waals surface area contributed by atoms with Crippen molar-refractivity contribution in [2.75, 3.05) is 32.2 Å². The summed E-state index contributed by atoms with van der Waals surface area (Å²) in [5, 5.41) is 2.99. The second-order valence-corrected chi connectivity index (χ2v) is 6.12. The van der Waals surface area contributed by atoms with E-state index in [9.17, 15) is 4.79 Å². The summed E-state index contributed by atoms with van der Waals surface area (Å²) in [5.41, 5.74) is 1.84. The number of carbonyl (C=O) groups is 1. The molecule has 0 unspecified atom stereocenters. The van der Waals surface area contributed by atoms with Crippen LogP contribution < -0.4 is 5.32 Å². The average molecular weight is 306 g/mol. The third-order valence-corrected chi connectivity index (χ3v) is 3.72. The molecule has 0 bridgehead atoms. The maximum Gasteiger partial charge on any atom is 0.322 e. The van der Waals surface area contributed by atoms with Crippen molar-refractivity contribution in [1.29, 1.82) is 0 Å². The normalized spacial score (nSPS) is 18.5. The summed E-state index contributed by atoms with van der Waals surface area (Å²) in [6, 6.07) is 7.85. The van der Waals surface area contributed by atoms with Gasteiger partial charge in [-0.2, -0.15) is 0 Å². The van der Waals surface area contributed by atoms with Gasteiger partial charge >= 0.3 is 6.03 Å². The van der Waals surface area contributed by atoms with Crippen molar-refractivity contribution in [3.05, 3.63) is 29.8 Å². The number of nitrogens with zero attached hydrogens (tertiary/aromatic N) is 1. The van der Waals surface area contributed by atoms with Gasteiger partial charge in [0.25, 0.3) is 0 Å². The molecule has 0 aromatic heterocycles. The maximum atomic E-state index is 12.6. The number of ether oxygens (including phenoxy) is 2.